The molecule has 2 heteroatoms. The summed E-state index contributed by atoms with van der Waals surface area (Å²) in [5.41, 5.74) is 2.37. The first-order valence-corrected chi connectivity index (χ1v) is 5.88. The molecule has 1 fully saturated rings. The Labute approximate surface area is 89.7 Å². The van der Waals surface area contributed by atoms with Gasteiger partial charge in [0.25, 0.3) is 0 Å². The highest BCUT2D eigenvalue weighted by Crippen LogP contribution is 2.43. The van der Waals surface area contributed by atoms with Gasteiger partial charge in [-0.15, -0.1) is 0 Å². The second kappa shape index (κ2) is 3.51. The highest BCUT2D eigenvalue weighted by atomic mass is 19.1. The Hall–Kier alpha value is -1.05. The molecule has 2 atom stereocenters. The summed E-state index contributed by atoms with van der Waals surface area (Å²) in [4.78, 5) is 0. The van der Waals surface area contributed by atoms with Gasteiger partial charge in [-0.1, -0.05) is 18.9 Å². The summed E-state index contributed by atoms with van der Waals surface area (Å²) in [6.07, 6.45) is 5.30. The van der Waals surface area contributed by atoms with Crippen molar-refractivity contribution in [1.82, 2.24) is 0 Å². The molecular formula is C13H16FN. The predicted molar refractivity (Wildman–Crippen MR) is 59.6 cm³/mol. The predicted octanol–water partition coefficient (Wildman–Crippen LogP) is 3.53. The molecule has 15 heavy (non-hydrogen) atoms. The Morgan fingerprint density at radius 1 is 1.20 bits per heavy atom. The first-order valence-electron chi connectivity index (χ1n) is 5.88. The molecule has 2 aliphatic rings. The molecule has 1 saturated carbocycles. The largest absolute Gasteiger partial charge is 0.384 e. The average Bonchev–Trinajstić information content (AvgIpc) is 2.28. The molecule has 2 unspecified atom stereocenters. The van der Waals surface area contributed by atoms with Crippen molar-refractivity contribution in [3.8, 4) is 0 Å². The number of benzene rings is 1. The van der Waals surface area contributed by atoms with Gasteiger partial charge >= 0.3 is 0 Å². The Bertz CT molecular complexity index is 375. The summed E-state index contributed by atoms with van der Waals surface area (Å²) < 4.78 is 13.1. The fourth-order valence-corrected chi connectivity index (χ4v) is 3.11. The minimum atomic E-state index is -0.129. The molecule has 1 heterocycles. The van der Waals surface area contributed by atoms with Crippen molar-refractivity contribution in [3.05, 3.63) is 29.6 Å². The highest BCUT2D eigenvalue weighted by molar-refractivity contribution is 5.55. The summed E-state index contributed by atoms with van der Waals surface area (Å²) in [5.74, 6) is 1.32. The van der Waals surface area contributed by atoms with E-state index in [2.05, 4.69) is 5.32 Å². The molecule has 80 valence electrons. The average molecular weight is 205 g/mol. The normalized spacial score (nSPS) is 28.9. The number of fused-ring (bicyclic) bond motifs is 3. The molecule has 0 spiro atoms. The molecule has 1 aromatic rings. The molecule has 0 bridgehead atoms. The van der Waals surface area contributed by atoms with Crippen LogP contribution in [0.1, 0.15) is 37.2 Å². The van der Waals surface area contributed by atoms with Crippen LogP contribution in [-0.4, -0.2) is 6.54 Å². The minimum Gasteiger partial charge on any atom is -0.384 e. The van der Waals surface area contributed by atoms with Crippen LogP contribution in [-0.2, 0) is 0 Å². The summed E-state index contributed by atoms with van der Waals surface area (Å²) in [6, 6.07) is 5.21. The molecule has 1 aromatic carbocycles. The third-order valence-corrected chi connectivity index (χ3v) is 3.88. The maximum Gasteiger partial charge on any atom is 0.125 e. The lowest BCUT2D eigenvalue weighted by atomic mass is 9.73. The van der Waals surface area contributed by atoms with E-state index in [4.69, 9.17) is 0 Å². The monoisotopic (exact) mass is 205 g/mol. The van der Waals surface area contributed by atoms with E-state index in [1.54, 1.807) is 12.1 Å². The SMILES string of the molecule is Fc1ccc2c(c1)NCC1CCCCC21. The van der Waals surface area contributed by atoms with Gasteiger partial charge < -0.3 is 5.32 Å². The zero-order valence-electron chi connectivity index (χ0n) is 8.80. The minimum absolute atomic E-state index is 0.129. The van der Waals surface area contributed by atoms with Gasteiger partial charge in [0.1, 0.15) is 5.82 Å². The lowest BCUT2D eigenvalue weighted by Crippen LogP contribution is -2.30. The standard InChI is InChI=1S/C13H16FN/c14-10-5-6-12-11-4-2-1-3-9(11)8-15-13(12)7-10/h5-7,9,11,15H,1-4,8H2. The second-order valence-electron chi connectivity index (χ2n) is 4.76. The van der Waals surface area contributed by atoms with E-state index in [-0.39, 0.29) is 5.82 Å². The lowest BCUT2D eigenvalue weighted by Gasteiger charge is -2.37. The van der Waals surface area contributed by atoms with Crippen molar-refractivity contribution in [2.75, 3.05) is 11.9 Å². The van der Waals surface area contributed by atoms with Gasteiger partial charge in [-0.25, -0.2) is 4.39 Å². The van der Waals surface area contributed by atoms with Crippen molar-refractivity contribution in [2.24, 2.45) is 5.92 Å². The topological polar surface area (TPSA) is 12.0 Å². The van der Waals surface area contributed by atoms with E-state index in [9.17, 15) is 4.39 Å². The van der Waals surface area contributed by atoms with Crippen LogP contribution < -0.4 is 5.32 Å². The number of nitrogens with one attached hydrogen (secondary N) is 1. The zero-order chi connectivity index (χ0) is 10.3. The van der Waals surface area contributed by atoms with Gasteiger partial charge in [-0.05, 0) is 42.4 Å². The van der Waals surface area contributed by atoms with Crippen LogP contribution in [0, 0.1) is 11.7 Å². The van der Waals surface area contributed by atoms with Crippen LogP contribution in [0.2, 0.25) is 0 Å². The summed E-state index contributed by atoms with van der Waals surface area (Å²) >= 11 is 0. The van der Waals surface area contributed by atoms with Gasteiger partial charge in [-0.2, -0.15) is 0 Å². The smallest absolute Gasteiger partial charge is 0.125 e. The Balaban J connectivity index is 1.99. The second-order valence-corrected chi connectivity index (χ2v) is 4.76. The lowest BCUT2D eigenvalue weighted by molar-refractivity contribution is 0.313. The Morgan fingerprint density at radius 2 is 2.07 bits per heavy atom. The van der Waals surface area contributed by atoms with E-state index >= 15 is 0 Å². The number of halogens is 1. The number of rotatable bonds is 0. The van der Waals surface area contributed by atoms with Crippen molar-refractivity contribution in [3.63, 3.8) is 0 Å². The van der Waals surface area contributed by atoms with Crippen LogP contribution in [0.25, 0.3) is 0 Å². The third-order valence-electron chi connectivity index (χ3n) is 3.88. The van der Waals surface area contributed by atoms with Crippen molar-refractivity contribution < 1.29 is 4.39 Å². The third kappa shape index (κ3) is 1.52. The molecule has 1 aliphatic heterocycles. The zero-order valence-corrected chi connectivity index (χ0v) is 8.80. The Morgan fingerprint density at radius 3 is 3.00 bits per heavy atom. The Kier molecular flexibility index (Phi) is 2.15. The van der Waals surface area contributed by atoms with Crippen molar-refractivity contribution in [1.29, 1.82) is 0 Å². The number of anilines is 1. The van der Waals surface area contributed by atoms with Crippen LogP contribution in [0.4, 0.5) is 10.1 Å². The fraction of sp³-hybridized carbons (Fsp3) is 0.538. The molecule has 0 amide bonds. The quantitative estimate of drug-likeness (QED) is 0.683. The van der Waals surface area contributed by atoms with E-state index in [1.807, 2.05) is 6.07 Å². The number of hydrogen-bond acceptors (Lipinski definition) is 1. The summed E-state index contributed by atoms with van der Waals surface area (Å²) in [7, 11) is 0. The molecule has 1 nitrogen and oxygen atoms in total. The number of hydrogen-bond donors (Lipinski definition) is 1. The first kappa shape index (κ1) is 9.20. The molecule has 1 aliphatic carbocycles. The van der Waals surface area contributed by atoms with Gasteiger partial charge in [0, 0.05) is 12.2 Å². The van der Waals surface area contributed by atoms with Crippen LogP contribution in [0.3, 0.4) is 0 Å². The molecule has 0 aromatic heterocycles. The molecule has 3 rings (SSSR count). The van der Waals surface area contributed by atoms with Gasteiger partial charge in [-0.3, -0.25) is 0 Å². The summed E-state index contributed by atoms with van der Waals surface area (Å²) in [6.45, 7) is 1.03. The van der Waals surface area contributed by atoms with Crippen LogP contribution >= 0.6 is 0 Å². The van der Waals surface area contributed by atoms with Gasteiger partial charge in [0.05, 0.1) is 0 Å². The molecular weight excluding hydrogens is 189 g/mol. The molecule has 0 radical (unpaired) electrons. The van der Waals surface area contributed by atoms with Gasteiger partial charge in [0.15, 0.2) is 0 Å². The van der Waals surface area contributed by atoms with E-state index in [0.717, 1.165) is 18.2 Å². The highest BCUT2D eigenvalue weighted by Gasteiger charge is 2.31. The van der Waals surface area contributed by atoms with Crippen LogP contribution in [0.15, 0.2) is 18.2 Å². The van der Waals surface area contributed by atoms with Crippen LogP contribution in [0.5, 0.6) is 0 Å². The maximum absolute atomic E-state index is 13.1. The van der Waals surface area contributed by atoms with Crippen molar-refractivity contribution >= 4 is 5.69 Å². The maximum atomic E-state index is 13.1. The van der Waals surface area contributed by atoms with E-state index < -0.39 is 0 Å². The van der Waals surface area contributed by atoms with E-state index in [1.165, 1.54) is 31.2 Å². The van der Waals surface area contributed by atoms with Gasteiger partial charge in [0.2, 0.25) is 0 Å². The molecule has 0 saturated heterocycles. The summed E-state index contributed by atoms with van der Waals surface area (Å²) in [5, 5.41) is 3.36. The van der Waals surface area contributed by atoms with Crippen molar-refractivity contribution in [2.45, 2.75) is 31.6 Å². The fourth-order valence-electron chi connectivity index (χ4n) is 3.11. The first-order chi connectivity index (χ1) is 7.34. The molecule has 1 N–H and O–H groups in total. The van der Waals surface area contributed by atoms with E-state index in [0.29, 0.717) is 5.92 Å².